The lowest BCUT2D eigenvalue weighted by atomic mass is 9.85. The molecule has 106 valence electrons. The molecule has 0 amide bonds. The van der Waals surface area contributed by atoms with Crippen molar-refractivity contribution in [1.29, 1.82) is 0 Å². The summed E-state index contributed by atoms with van der Waals surface area (Å²) in [7, 11) is 0. The van der Waals surface area contributed by atoms with Crippen molar-refractivity contribution in [3.8, 4) is 11.3 Å². The Morgan fingerprint density at radius 1 is 1.05 bits per heavy atom. The average Bonchev–Trinajstić information content (AvgIpc) is 2.36. The van der Waals surface area contributed by atoms with Crippen LogP contribution in [0.2, 0.25) is 0 Å². The molecule has 0 radical (unpaired) electrons. The van der Waals surface area contributed by atoms with Crippen LogP contribution in [0.5, 0.6) is 0 Å². The van der Waals surface area contributed by atoms with Crippen molar-refractivity contribution in [1.82, 2.24) is 9.97 Å². The summed E-state index contributed by atoms with van der Waals surface area (Å²) < 4.78 is 0. The Morgan fingerprint density at radius 2 is 1.75 bits per heavy atom. The first kappa shape index (κ1) is 14.7. The van der Waals surface area contributed by atoms with E-state index in [1.165, 1.54) is 11.1 Å². The molecule has 0 aliphatic heterocycles. The molecule has 0 fully saturated rings. The molecule has 2 rings (SSSR count). The Kier molecular flexibility index (Phi) is 3.91. The molecule has 0 atom stereocenters. The Hall–Kier alpha value is -1.74. The molecule has 1 aromatic carbocycles. The highest BCUT2D eigenvalue weighted by Crippen LogP contribution is 2.28. The van der Waals surface area contributed by atoms with E-state index in [2.05, 4.69) is 55.9 Å². The highest BCUT2D eigenvalue weighted by molar-refractivity contribution is 5.64. The predicted molar refractivity (Wildman–Crippen MR) is 83.5 cm³/mol. The van der Waals surface area contributed by atoms with Gasteiger partial charge in [0, 0.05) is 11.3 Å². The molecule has 2 aromatic rings. The molecule has 0 bridgehead atoms. The third-order valence-corrected chi connectivity index (χ3v) is 3.45. The Balaban J connectivity index is 2.51. The lowest BCUT2D eigenvalue weighted by Crippen LogP contribution is -2.11. The van der Waals surface area contributed by atoms with Crippen LogP contribution in [-0.2, 0) is 12.0 Å². The van der Waals surface area contributed by atoms with Gasteiger partial charge in [-0.25, -0.2) is 9.97 Å². The van der Waals surface area contributed by atoms with Gasteiger partial charge >= 0.3 is 0 Å². The van der Waals surface area contributed by atoms with Gasteiger partial charge in [0.05, 0.1) is 12.2 Å². The fourth-order valence-electron chi connectivity index (χ4n) is 2.28. The highest BCUT2D eigenvalue weighted by atomic mass is 14.9. The molecule has 2 N–H and O–H groups in total. The van der Waals surface area contributed by atoms with Gasteiger partial charge in [0.15, 0.2) is 0 Å². The summed E-state index contributed by atoms with van der Waals surface area (Å²) in [6.45, 7) is 11.1. The third kappa shape index (κ3) is 3.05. The predicted octanol–water partition coefficient (Wildman–Crippen LogP) is 3.52. The van der Waals surface area contributed by atoms with Crippen molar-refractivity contribution >= 4 is 0 Å². The first-order valence-corrected chi connectivity index (χ1v) is 6.97. The van der Waals surface area contributed by atoms with Gasteiger partial charge in [-0.2, -0.15) is 0 Å². The minimum atomic E-state index is 0.160. The zero-order valence-electron chi connectivity index (χ0n) is 13.0. The number of nitrogens with two attached hydrogens (primary N) is 1. The second kappa shape index (κ2) is 5.33. The highest BCUT2D eigenvalue weighted by Gasteiger charge is 2.15. The summed E-state index contributed by atoms with van der Waals surface area (Å²) in [4.78, 5) is 8.87. The van der Waals surface area contributed by atoms with Gasteiger partial charge in [0.2, 0.25) is 0 Å². The second-order valence-corrected chi connectivity index (χ2v) is 6.29. The molecule has 0 saturated heterocycles. The van der Waals surface area contributed by atoms with Crippen molar-refractivity contribution in [2.24, 2.45) is 5.73 Å². The fraction of sp³-hybridized carbons (Fsp3) is 0.412. The maximum absolute atomic E-state index is 5.66. The van der Waals surface area contributed by atoms with Gasteiger partial charge in [-0.15, -0.1) is 0 Å². The molecule has 1 heterocycles. The van der Waals surface area contributed by atoms with E-state index in [0.717, 1.165) is 17.0 Å². The van der Waals surface area contributed by atoms with E-state index in [1.54, 1.807) is 0 Å². The normalized spacial score (nSPS) is 11.7. The Morgan fingerprint density at radius 3 is 2.30 bits per heavy atom. The van der Waals surface area contributed by atoms with Gasteiger partial charge in [-0.05, 0) is 36.5 Å². The largest absolute Gasteiger partial charge is 0.324 e. The summed E-state index contributed by atoms with van der Waals surface area (Å²) >= 11 is 0. The minimum absolute atomic E-state index is 0.160. The van der Waals surface area contributed by atoms with Crippen molar-refractivity contribution in [2.45, 2.75) is 46.6 Å². The van der Waals surface area contributed by atoms with Crippen LogP contribution in [0.1, 0.15) is 43.4 Å². The van der Waals surface area contributed by atoms with Crippen LogP contribution in [0.4, 0.5) is 0 Å². The van der Waals surface area contributed by atoms with Gasteiger partial charge < -0.3 is 5.73 Å². The van der Waals surface area contributed by atoms with Crippen LogP contribution in [0.3, 0.4) is 0 Å². The van der Waals surface area contributed by atoms with Gasteiger partial charge in [-0.3, -0.25) is 0 Å². The molecule has 0 spiro atoms. The standard InChI is InChI=1S/C17H23N3/c1-11-8-13(17(3,4)5)6-7-14(11)15-9-12(2)19-16(10-18)20-15/h6-9H,10,18H2,1-5H3. The van der Waals surface area contributed by atoms with Crippen LogP contribution in [0, 0.1) is 13.8 Å². The Bertz CT molecular complexity index is 625. The van der Waals surface area contributed by atoms with Gasteiger partial charge in [0.25, 0.3) is 0 Å². The van der Waals surface area contributed by atoms with Crippen molar-refractivity contribution in [3.63, 3.8) is 0 Å². The SMILES string of the molecule is Cc1cc(-c2ccc(C(C)(C)C)cc2C)nc(CN)n1. The summed E-state index contributed by atoms with van der Waals surface area (Å²) in [6.07, 6.45) is 0. The van der Waals surface area contributed by atoms with E-state index in [9.17, 15) is 0 Å². The minimum Gasteiger partial charge on any atom is -0.324 e. The van der Waals surface area contributed by atoms with E-state index in [0.29, 0.717) is 12.4 Å². The summed E-state index contributed by atoms with van der Waals surface area (Å²) in [5.41, 5.74) is 11.5. The zero-order valence-corrected chi connectivity index (χ0v) is 13.0. The first-order valence-electron chi connectivity index (χ1n) is 6.97. The molecule has 0 aliphatic carbocycles. The van der Waals surface area contributed by atoms with Crippen LogP contribution in [0.15, 0.2) is 24.3 Å². The molecule has 0 unspecified atom stereocenters. The topological polar surface area (TPSA) is 51.8 Å². The molecule has 3 nitrogen and oxygen atoms in total. The molecular weight excluding hydrogens is 246 g/mol. The summed E-state index contributed by atoms with van der Waals surface area (Å²) in [6, 6.07) is 8.59. The van der Waals surface area contributed by atoms with E-state index < -0.39 is 0 Å². The second-order valence-electron chi connectivity index (χ2n) is 6.29. The van der Waals surface area contributed by atoms with Crippen LogP contribution < -0.4 is 5.73 Å². The van der Waals surface area contributed by atoms with Gasteiger partial charge in [0.1, 0.15) is 5.82 Å². The van der Waals surface area contributed by atoms with E-state index in [1.807, 2.05) is 13.0 Å². The van der Waals surface area contributed by atoms with Crippen LogP contribution >= 0.6 is 0 Å². The van der Waals surface area contributed by atoms with Crippen molar-refractivity contribution in [2.75, 3.05) is 0 Å². The molecule has 0 aliphatic rings. The van der Waals surface area contributed by atoms with E-state index in [-0.39, 0.29) is 5.41 Å². The Labute approximate surface area is 121 Å². The van der Waals surface area contributed by atoms with Crippen molar-refractivity contribution < 1.29 is 0 Å². The lowest BCUT2D eigenvalue weighted by Gasteiger charge is -2.20. The lowest BCUT2D eigenvalue weighted by molar-refractivity contribution is 0.590. The molecule has 0 saturated carbocycles. The summed E-state index contributed by atoms with van der Waals surface area (Å²) in [5, 5.41) is 0. The smallest absolute Gasteiger partial charge is 0.142 e. The maximum atomic E-state index is 5.66. The fourth-order valence-corrected chi connectivity index (χ4v) is 2.28. The maximum Gasteiger partial charge on any atom is 0.142 e. The molecule has 20 heavy (non-hydrogen) atoms. The molecule has 3 heteroatoms. The molecule has 1 aromatic heterocycles. The van der Waals surface area contributed by atoms with Crippen LogP contribution in [-0.4, -0.2) is 9.97 Å². The van der Waals surface area contributed by atoms with Crippen molar-refractivity contribution in [3.05, 3.63) is 46.9 Å². The third-order valence-electron chi connectivity index (χ3n) is 3.45. The number of rotatable bonds is 2. The monoisotopic (exact) mass is 269 g/mol. The quantitative estimate of drug-likeness (QED) is 0.907. The number of aryl methyl sites for hydroxylation is 2. The summed E-state index contributed by atoms with van der Waals surface area (Å²) in [5.74, 6) is 0.694. The molecular formula is C17H23N3. The van der Waals surface area contributed by atoms with E-state index >= 15 is 0 Å². The average molecular weight is 269 g/mol. The zero-order chi connectivity index (χ0) is 14.9. The van der Waals surface area contributed by atoms with Gasteiger partial charge in [-0.1, -0.05) is 39.0 Å². The number of nitrogens with zero attached hydrogens (tertiary/aromatic N) is 2. The van der Waals surface area contributed by atoms with E-state index in [4.69, 9.17) is 5.73 Å². The number of benzene rings is 1. The van der Waals surface area contributed by atoms with Crippen LogP contribution in [0.25, 0.3) is 11.3 Å². The number of hydrogen-bond donors (Lipinski definition) is 1. The first-order chi connectivity index (χ1) is 9.31. The number of hydrogen-bond acceptors (Lipinski definition) is 3. The number of aromatic nitrogens is 2.